The van der Waals surface area contributed by atoms with Crippen LogP contribution in [0.4, 0.5) is 0 Å². The van der Waals surface area contributed by atoms with Crippen molar-refractivity contribution in [2.75, 3.05) is 19.3 Å². The maximum absolute atomic E-state index is 12.2. The molecule has 1 aliphatic carbocycles. The van der Waals surface area contributed by atoms with Crippen LogP contribution in [0.5, 0.6) is 0 Å². The normalized spacial score (nSPS) is 17.1. The fourth-order valence-electron chi connectivity index (χ4n) is 3.18. The van der Waals surface area contributed by atoms with E-state index in [0.29, 0.717) is 6.42 Å². The molecule has 33 heavy (non-hydrogen) atoms. The van der Waals surface area contributed by atoms with E-state index in [1.165, 1.54) is 6.42 Å². The van der Waals surface area contributed by atoms with Crippen LogP contribution in [0.15, 0.2) is 49.7 Å². The number of carbonyl (C=O) groups is 1. The lowest BCUT2D eigenvalue weighted by molar-refractivity contribution is 0.0723. The van der Waals surface area contributed by atoms with Gasteiger partial charge in [0.15, 0.2) is 0 Å². The van der Waals surface area contributed by atoms with Gasteiger partial charge in [0.25, 0.3) is 5.91 Å². The van der Waals surface area contributed by atoms with Gasteiger partial charge < -0.3 is 4.90 Å². The van der Waals surface area contributed by atoms with E-state index in [4.69, 9.17) is 5.14 Å². The first-order chi connectivity index (χ1) is 15.8. The predicted molar refractivity (Wildman–Crippen MR) is 151 cm³/mol. The Labute approximate surface area is 216 Å². The number of hydrogen-bond donors (Lipinski definition) is 1. The Balaban J connectivity index is 0.000000549. The Morgan fingerprint density at radius 1 is 1.09 bits per heavy atom. The zero-order valence-corrected chi connectivity index (χ0v) is 24.3. The number of likely N-dealkylation sites (tertiary alicyclic amines) is 1. The zero-order chi connectivity index (χ0) is 25.4. The van der Waals surface area contributed by atoms with Crippen molar-refractivity contribution < 1.29 is 9.00 Å². The number of carbonyl (C=O) groups excluding carboxylic acids is 1. The minimum absolute atomic E-state index is 0.185. The molecule has 1 saturated heterocycles. The van der Waals surface area contributed by atoms with Crippen molar-refractivity contribution in [1.82, 2.24) is 4.90 Å². The Bertz CT molecular complexity index is 861. The molecule has 1 unspecified atom stereocenters. The first kappa shape index (κ1) is 31.8. The lowest BCUT2D eigenvalue weighted by Crippen LogP contribution is -2.35. The Kier molecular flexibility index (Phi) is 17.5. The maximum Gasteiger partial charge on any atom is 0.254 e. The second-order valence-electron chi connectivity index (χ2n) is 7.07. The molecule has 1 aliphatic heterocycles. The van der Waals surface area contributed by atoms with E-state index < -0.39 is 10.8 Å². The fraction of sp³-hybridized carbons (Fsp3) is 0.520. The minimum Gasteiger partial charge on any atom is -0.339 e. The molecule has 2 N–H and O–H groups in total. The van der Waals surface area contributed by atoms with Gasteiger partial charge in [-0.3, -0.25) is 14.1 Å². The van der Waals surface area contributed by atoms with Crippen LogP contribution in [0.25, 0.3) is 0 Å². The molecule has 1 atom stereocenters. The highest BCUT2D eigenvalue weighted by atomic mass is 79.9. The third-order valence-corrected chi connectivity index (χ3v) is 6.75. The van der Waals surface area contributed by atoms with Gasteiger partial charge in [-0.25, -0.2) is 4.40 Å². The molecule has 0 bridgehead atoms. The van der Waals surface area contributed by atoms with Gasteiger partial charge in [0.05, 0.1) is 17.8 Å². The van der Waals surface area contributed by atoms with Gasteiger partial charge in [-0.2, -0.15) is 0 Å². The van der Waals surface area contributed by atoms with E-state index in [1.54, 1.807) is 6.26 Å². The second-order valence-corrected chi connectivity index (χ2v) is 9.81. The molecule has 0 aromatic heterocycles. The summed E-state index contributed by atoms with van der Waals surface area (Å²) in [5, 5.41) is 5.25. The summed E-state index contributed by atoms with van der Waals surface area (Å²) in [6, 6.07) is 5.84. The number of benzene rings is 1. The van der Waals surface area contributed by atoms with Gasteiger partial charge in [-0.05, 0) is 68.5 Å². The summed E-state index contributed by atoms with van der Waals surface area (Å²) in [5.41, 5.74) is 3.89. The van der Waals surface area contributed by atoms with Crippen molar-refractivity contribution in [2.45, 2.75) is 67.2 Å². The summed E-state index contributed by atoms with van der Waals surface area (Å²) >= 11 is 4.36. The summed E-state index contributed by atoms with van der Waals surface area (Å²) < 4.78 is 16.3. The second kappa shape index (κ2) is 18.2. The van der Waals surface area contributed by atoms with Crippen LogP contribution in [-0.2, 0) is 10.8 Å². The fourth-order valence-corrected chi connectivity index (χ4v) is 4.59. The molecule has 8 heteroatoms. The molecule has 3 rings (SSSR count). The highest BCUT2D eigenvalue weighted by Gasteiger charge is 2.19. The third-order valence-electron chi connectivity index (χ3n) is 4.91. The van der Waals surface area contributed by atoms with Crippen LogP contribution in [-0.4, -0.2) is 40.1 Å². The molecule has 1 heterocycles. The maximum atomic E-state index is 12.2. The number of amides is 1. The summed E-state index contributed by atoms with van der Waals surface area (Å²) in [5.74, 6) is 0.185. The van der Waals surface area contributed by atoms with Gasteiger partial charge in [-0.15, -0.1) is 0 Å². The van der Waals surface area contributed by atoms with E-state index in [9.17, 15) is 9.00 Å². The Hall–Kier alpha value is -1.22. The SMILES string of the molecule is CC.CC.CC1=CC=C(S(C)=O)C/C1=N\SN.Cc1cc(Br)ccc1C(=O)N1CCCCC1. The number of aryl methyl sites for hydroxylation is 1. The molecule has 0 saturated carbocycles. The van der Waals surface area contributed by atoms with Crippen LogP contribution in [0.1, 0.15) is 76.2 Å². The van der Waals surface area contributed by atoms with Crippen LogP contribution >= 0.6 is 28.1 Å². The average Bonchev–Trinajstić information content (AvgIpc) is 2.84. The number of halogens is 1. The summed E-state index contributed by atoms with van der Waals surface area (Å²) in [4.78, 5) is 15.1. The van der Waals surface area contributed by atoms with Crippen molar-refractivity contribution in [1.29, 1.82) is 0 Å². The lowest BCUT2D eigenvalue weighted by Gasteiger charge is -2.27. The number of piperidine rings is 1. The van der Waals surface area contributed by atoms with Crippen molar-refractivity contribution in [3.8, 4) is 0 Å². The standard InChI is InChI=1S/C13H16BrNO.C8H12N2OS2.2C2H6/c1-10-9-11(14)5-6-12(10)13(16)15-7-3-2-4-8-15;1-6-3-4-7(13(2)11)5-8(6)10-12-9;2*1-2/h5-6,9H,2-4,7-8H2,1H3;3-4H,5,9H2,1-2H3;2*1-2H3/b;10-8+;;. The molecule has 0 radical (unpaired) electrons. The van der Waals surface area contributed by atoms with E-state index in [1.807, 2.05) is 76.8 Å². The monoisotopic (exact) mass is 557 g/mol. The molecular formula is C25H40BrN3O2S2. The third kappa shape index (κ3) is 11.2. The van der Waals surface area contributed by atoms with E-state index >= 15 is 0 Å². The molecule has 1 fully saturated rings. The number of allylic oxidation sites excluding steroid dienone is 4. The van der Waals surface area contributed by atoms with Crippen molar-refractivity contribution in [3.63, 3.8) is 0 Å². The average molecular weight is 559 g/mol. The molecule has 2 aliphatic rings. The van der Waals surface area contributed by atoms with Crippen LogP contribution in [0.2, 0.25) is 0 Å². The smallest absolute Gasteiger partial charge is 0.254 e. The number of nitrogens with two attached hydrogens (primary N) is 1. The number of rotatable bonds is 3. The molecule has 0 spiro atoms. The largest absolute Gasteiger partial charge is 0.339 e. The van der Waals surface area contributed by atoms with E-state index in [0.717, 1.165) is 69.9 Å². The van der Waals surface area contributed by atoms with Gasteiger partial charge in [0.2, 0.25) is 0 Å². The van der Waals surface area contributed by atoms with Crippen molar-refractivity contribution in [2.24, 2.45) is 9.54 Å². The van der Waals surface area contributed by atoms with Crippen LogP contribution < -0.4 is 5.14 Å². The Morgan fingerprint density at radius 2 is 1.70 bits per heavy atom. The van der Waals surface area contributed by atoms with Gasteiger partial charge in [-0.1, -0.05) is 49.7 Å². The summed E-state index contributed by atoms with van der Waals surface area (Å²) in [6.45, 7) is 13.8. The molecular weight excluding hydrogens is 518 g/mol. The quantitative estimate of drug-likeness (QED) is 0.406. The van der Waals surface area contributed by atoms with E-state index in [-0.39, 0.29) is 5.91 Å². The highest BCUT2D eigenvalue weighted by Crippen LogP contribution is 2.20. The molecule has 5 nitrogen and oxygen atoms in total. The van der Waals surface area contributed by atoms with Gasteiger partial charge in [0, 0.05) is 51.5 Å². The summed E-state index contributed by atoms with van der Waals surface area (Å²) in [6.07, 6.45) is 9.68. The topological polar surface area (TPSA) is 75.8 Å². The summed E-state index contributed by atoms with van der Waals surface area (Å²) in [7, 11) is -0.906. The Morgan fingerprint density at radius 3 is 2.21 bits per heavy atom. The van der Waals surface area contributed by atoms with Crippen molar-refractivity contribution >= 4 is 50.5 Å². The molecule has 1 aromatic rings. The lowest BCUT2D eigenvalue weighted by atomic mass is 10.0. The highest BCUT2D eigenvalue weighted by molar-refractivity contribution is 9.10. The van der Waals surface area contributed by atoms with Gasteiger partial charge in [0.1, 0.15) is 0 Å². The molecule has 186 valence electrons. The molecule has 1 amide bonds. The van der Waals surface area contributed by atoms with Gasteiger partial charge >= 0.3 is 0 Å². The van der Waals surface area contributed by atoms with E-state index in [2.05, 4.69) is 20.3 Å². The number of nitrogens with zero attached hydrogens (tertiary/aromatic N) is 2. The van der Waals surface area contributed by atoms with Crippen LogP contribution in [0, 0.1) is 6.92 Å². The predicted octanol–water partition coefficient (Wildman–Crippen LogP) is 7.00. The molecule has 1 aromatic carbocycles. The first-order valence-electron chi connectivity index (χ1n) is 11.5. The first-order valence-corrected chi connectivity index (χ1v) is 14.7. The minimum atomic E-state index is -0.906. The van der Waals surface area contributed by atoms with Crippen molar-refractivity contribution in [3.05, 3.63) is 56.4 Å². The van der Waals surface area contributed by atoms with Crippen LogP contribution in [0.3, 0.4) is 0 Å². The zero-order valence-electron chi connectivity index (χ0n) is 21.1. The number of hydrogen-bond acceptors (Lipinski definition) is 5.